The number of carboxylic acid groups (broad SMARTS) is 1. The predicted molar refractivity (Wildman–Crippen MR) is 34.3 cm³/mol. The average molecular weight is 138 g/mol. The number of rotatable bonds is 2. The number of aliphatic hydroxyl groups is 1. The Morgan fingerprint density at radius 3 is 1.89 bits per heavy atom. The van der Waals surface area contributed by atoms with Gasteiger partial charge in [0, 0.05) is 6.61 Å². The maximum Gasteiger partial charge on any atom is 0.290 e. The summed E-state index contributed by atoms with van der Waals surface area (Å²) in [6.07, 6.45) is 2.04. The van der Waals surface area contributed by atoms with E-state index < -0.39 is 0 Å². The van der Waals surface area contributed by atoms with Gasteiger partial charge in [-0.25, -0.2) is 0 Å². The molecule has 0 saturated carbocycles. The summed E-state index contributed by atoms with van der Waals surface area (Å²) in [7, 11) is 0. The molecule has 0 heterocycles. The molecule has 0 unspecified atom stereocenters. The van der Waals surface area contributed by atoms with E-state index in [2.05, 4.69) is 6.92 Å². The minimum Gasteiger partial charge on any atom is -0.483 e. The molecule has 0 atom stereocenters. The first-order valence-corrected chi connectivity index (χ1v) is 2.52. The zero-order chi connectivity index (χ0) is 6.83. The topological polar surface area (TPSA) is 89.0 Å². The second-order valence-corrected chi connectivity index (χ2v) is 1.18. The van der Waals surface area contributed by atoms with Crippen LogP contribution in [0.1, 0.15) is 19.8 Å². The molecule has 0 fully saturated rings. The van der Waals surface area contributed by atoms with Gasteiger partial charge in [0.15, 0.2) is 0 Å². The molecule has 0 aromatic rings. The van der Waals surface area contributed by atoms with Crippen LogP contribution >= 0.6 is 0 Å². The van der Waals surface area contributed by atoms with Gasteiger partial charge in [-0.05, 0) is 6.42 Å². The Morgan fingerprint density at radius 2 is 1.89 bits per heavy atom. The van der Waals surface area contributed by atoms with Gasteiger partial charge in [0.05, 0.1) is 0 Å². The summed E-state index contributed by atoms with van der Waals surface area (Å²) in [6, 6.07) is 0. The number of carbonyl (C=O) groups is 1. The van der Waals surface area contributed by atoms with Gasteiger partial charge in [-0.2, -0.15) is 0 Å². The Labute approximate surface area is 54.4 Å². The van der Waals surface area contributed by atoms with E-state index in [9.17, 15) is 0 Å². The smallest absolute Gasteiger partial charge is 0.290 e. The monoisotopic (exact) mass is 138 g/mol. The fourth-order valence-corrected chi connectivity index (χ4v) is 0.158. The van der Waals surface area contributed by atoms with E-state index in [1.54, 1.807) is 0 Å². The van der Waals surface area contributed by atoms with Gasteiger partial charge in [0.1, 0.15) is 0 Å². The summed E-state index contributed by atoms with van der Waals surface area (Å²) >= 11 is 0. The highest BCUT2D eigenvalue weighted by Gasteiger charge is 1.69. The average Bonchev–Trinajstić information content (AvgIpc) is 1.71. The molecule has 0 spiro atoms. The lowest BCUT2D eigenvalue weighted by Gasteiger charge is -1.79. The van der Waals surface area contributed by atoms with Crippen molar-refractivity contribution in [2.24, 2.45) is 0 Å². The molecule has 0 aliphatic carbocycles. The lowest BCUT2D eigenvalue weighted by Crippen LogP contribution is -1.75. The quantitative estimate of drug-likeness (QED) is 0.511. The van der Waals surface area contributed by atoms with Gasteiger partial charge in [0.25, 0.3) is 6.47 Å². The van der Waals surface area contributed by atoms with E-state index in [0.29, 0.717) is 6.61 Å². The van der Waals surface area contributed by atoms with Crippen LogP contribution in [0.15, 0.2) is 0 Å². The van der Waals surface area contributed by atoms with E-state index in [0.717, 1.165) is 12.8 Å². The number of hydrogen-bond acceptors (Lipinski definition) is 2. The molecule has 0 aromatic heterocycles. The molecule has 0 aliphatic heterocycles. The number of unbranched alkanes of at least 4 members (excludes halogenated alkanes) is 1. The van der Waals surface area contributed by atoms with E-state index in [1.807, 2.05) is 0 Å². The van der Waals surface area contributed by atoms with Crippen molar-refractivity contribution < 1.29 is 20.5 Å². The normalized spacial score (nSPS) is 6.00. The van der Waals surface area contributed by atoms with Gasteiger partial charge < -0.3 is 15.7 Å². The van der Waals surface area contributed by atoms with Crippen LogP contribution in [0.25, 0.3) is 0 Å². The van der Waals surface area contributed by atoms with Crippen molar-refractivity contribution >= 4 is 6.47 Å². The zero-order valence-corrected chi connectivity index (χ0v) is 5.50. The van der Waals surface area contributed by atoms with E-state index >= 15 is 0 Å². The molecule has 9 heavy (non-hydrogen) atoms. The second kappa shape index (κ2) is 26.3. The van der Waals surface area contributed by atoms with Crippen molar-refractivity contribution in [3.63, 3.8) is 0 Å². The third kappa shape index (κ3) is 111. The maximum absolute atomic E-state index is 8.36. The van der Waals surface area contributed by atoms with Crippen molar-refractivity contribution in [3.8, 4) is 0 Å². The van der Waals surface area contributed by atoms with Gasteiger partial charge >= 0.3 is 0 Å². The SMILES string of the molecule is CCCCO.O.O=CO. The molecule has 0 amide bonds. The summed E-state index contributed by atoms with van der Waals surface area (Å²) in [4.78, 5) is 8.36. The molecule has 0 bridgehead atoms. The van der Waals surface area contributed by atoms with Crippen molar-refractivity contribution in [2.75, 3.05) is 6.61 Å². The van der Waals surface area contributed by atoms with Crippen LogP contribution in [-0.4, -0.2) is 28.8 Å². The number of aliphatic hydroxyl groups excluding tert-OH is 1. The highest BCUT2D eigenvalue weighted by atomic mass is 16.3. The first-order valence-electron chi connectivity index (χ1n) is 2.52. The Balaban J connectivity index is -0.0000000800. The molecule has 0 rings (SSSR count). The third-order valence-electron chi connectivity index (χ3n) is 0.512. The van der Waals surface area contributed by atoms with Crippen molar-refractivity contribution in [1.29, 1.82) is 0 Å². The van der Waals surface area contributed by atoms with Crippen molar-refractivity contribution in [2.45, 2.75) is 19.8 Å². The molecule has 0 saturated heterocycles. The summed E-state index contributed by atoms with van der Waals surface area (Å²) in [5.74, 6) is 0. The molecule has 4 heteroatoms. The third-order valence-corrected chi connectivity index (χ3v) is 0.512. The minimum absolute atomic E-state index is 0. The Bertz CT molecular complexity index is 35.9. The molecule has 0 radical (unpaired) electrons. The predicted octanol–water partition coefficient (Wildman–Crippen LogP) is -0.345. The van der Waals surface area contributed by atoms with Crippen molar-refractivity contribution in [1.82, 2.24) is 0 Å². The molecule has 58 valence electrons. The first kappa shape index (κ1) is 15.8. The van der Waals surface area contributed by atoms with Crippen LogP contribution in [0.4, 0.5) is 0 Å². The highest BCUT2D eigenvalue weighted by molar-refractivity contribution is 5.32. The molecule has 0 aliphatic rings. The summed E-state index contributed by atoms with van der Waals surface area (Å²) in [5.41, 5.74) is 0. The summed E-state index contributed by atoms with van der Waals surface area (Å²) < 4.78 is 0. The molecular weight excluding hydrogens is 124 g/mol. The van der Waals surface area contributed by atoms with Crippen LogP contribution in [0, 0.1) is 0 Å². The Morgan fingerprint density at radius 1 is 1.56 bits per heavy atom. The van der Waals surface area contributed by atoms with Crippen LogP contribution in [-0.2, 0) is 4.79 Å². The van der Waals surface area contributed by atoms with Crippen LogP contribution < -0.4 is 0 Å². The van der Waals surface area contributed by atoms with Gasteiger partial charge in [-0.15, -0.1) is 0 Å². The summed E-state index contributed by atoms with van der Waals surface area (Å²) in [6.45, 7) is 2.15. The standard InChI is InChI=1S/C4H10O.CH2O2.H2O/c1-2-3-4-5;2-1-3;/h5H,2-4H2,1H3;1H,(H,2,3);1H2. The fraction of sp³-hybridized carbons (Fsp3) is 0.800. The minimum atomic E-state index is -0.250. The van der Waals surface area contributed by atoms with E-state index in [-0.39, 0.29) is 11.9 Å². The largest absolute Gasteiger partial charge is 0.483 e. The summed E-state index contributed by atoms with van der Waals surface area (Å²) in [5, 5.41) is 15.0. The van der Waals surface area contributed by atoms with Gasteiger partial charge in [0.2, 0.25) is 0 Å². The first-order chi connectivity index (χ1) is 3.83. The lowest BCUT2D eigenvalue weighted by atomic mass is 10.4. The molecule has 0 aromatic carbocycles. The number of hydrogen-bond donors (Lipinski definition) is 2. The molecular formula is C5H14O4. The molecule has 4 N–H and O–H groups in total. The fourth-order valence-electron chi connectivity index (χ4n) is 0.158. The molecule has 4 nitrogen and oxygen atoms in total. The van der Waals surface area contributed by atoms with Gasteiger partial charge in [-0.1, -0.05) is 13.3 Å². The Hall–Kier alpha value is -0.610. The Kier molecular flexibility index (Phi) is 46.0. The highest BCUT2D eigenvalue weighted by Crippen LogP contribution is 1.78. The zero-order valence-electron chi connectivity index (χ0n) is 5.50. The second-order valence-electron chi connectivity index (χ2n) is 1.18. The van der Waals surface area contributed by atoms with Gasteiger partial charge in [-0.3, -0.25) is 4.79 Å². The van der Waals surface area contributed by atoms with Crippen LogP contribution in [0.2, 0.25) is 0 Å². The van der Waals surface area contributed by atoms with Crippen LogP contribution in [0.5, 0.6) is 0 Å². The van der Waals surface area contributed by atoms with Crippen molar-refractivity contribution in [3.05, 3.63) is 0 Å². The van der Waals surface area contributed by atoms with E-state index in [4.69, 9.17) is 15.0 Å². The lowest BCUT2D eigenvalue weighted by molar-refractivity contribution is -0.122. The van der Waals surface area contributed by atoms with Crippen LogP contribution in [0.3, 0.4) is 0 Å². The van der Waals surface area contributed by atoms with E-state index in [1.165, 1.54) is 0 Å². The maximum atomic E-state index is 8.36.